The monoisotopic (exact) mass is 343 g/mol. The van der Waals surface area contributed by atoms with Crippen LogP contribution in [0.3, 0.4) is 0 Å². The molecule has 0 saturated carbocycles. The molecule has 2 rings (SSSR count). The summed E-state index contributed by atoms with van der Waals surface area (Å²) in [5.41, 5.74) is -0.241. The molecule has 1 saturated heterocycles. The number of carbonyl (C=O) groups is 2. The lowest BCUT2D eigenvalue weighted by atomic mass is 9.98. The Bertz CT molecular complexity index is 500. The quantitative estimate of drug-likeness (QED) is 0.878. The summed E-state index contributed by atoms with van der Waals surface area (Å²) in [7, 11) is 0. The van der Waals surface area contributed by atoms with Gasteiger partial charge in [-0.3, -0.25) is 4.79 Å². The zero-order valence-electron chi connectivity index (χ0n) is 10.2. The topological polar surface area (TPSA) is 66.4 Å². The second-order valence-corrected chi connectivity index (χ2v) is 6.47. The fourth-order valence-electron chi connectivity index (χ4n) is 2.01. The van der Waals surface area contributed by atoms with Crippen LogP contribution in [0.25, 0.3) is 0 Å². The first-order valence-corrected chi connectivity index (χ1v) is 7.84. The third-order valence-electron chi connectivity index (χ3n) is 3.12. The zero-order chi connectivity index (χ0) is 13.9. The predicted octanol–water partition coefficient (Wildman–Crippen LogP) is 2.07. The molecule has 102 valence electrons. The number of halogens is 1. The Morgan fingerprint density at radius 1 is 1.42 bits per heavy atom. The molecule has 2 N–H and O–H groups in total. The van der Waals surface area contributed by atoms with E-state index in [4.69, 9.17) is 0 Å². The molecule has 1 amide bonds. The molecule has 0 spiro atoms. The molecule has 6 heteroatoms. The maximum atomic E-state index is 12.0. The Balaban J connectivity index is 2.05. The van der Waals surface area contributed by atoms with E-state index < -0.39 is 11.5 Å². The minimum Gasteiger partial charge on any atom is -0.479 e. The highest BCUT2D eigenvalue weighted by atomic mass is 79.9. The van der Waals surface area contributed by atoms with Gasteiger partial charge in [0.2, 0.25) is 5.91 Å². The molecule has 0 radical (unpaired) electrons. The second-order valence-electron chi connectivity index (χ2n) is 4.51. The van der Waals surface area contributed by atoms with Crippen LogP contribution in [0.5, 0.6) is 0 Å². The van der Waals surface area contributed by atoms with E-state index in [2.05, 4.69) is 21.2 Å². The van der Waals surface area contributed by atoms with Gasteiger partial charge < -0.3 is 10.4 Å². The molecule has 4 nitrogen and oxygen atoms in total. The number of nitrogens with one attached hydrogen (secondary N) is 1. The summed E-state index contributed by atoms with van der Waals surface area (Å²) >= 11 is 4.94. The molecule has 1 unspecified atom stereocenters. The smallest absolute Gasteiger partial charge is 0.330 e. The van der Waals surface area contributed by atoms with Crippen LogP contribution in [-0.2, 0) is 16.0 Å². The van der Waals surface area contributed by atoms with Crippen LogP contribution >= 0.6 is 27.7 Å². The van der Waals surface area contributed by atoms with Gasteiger partial charge in [-0.05, 0) is 23.8 Å². The van der Waals surface area contributed by atoms with Crippen molar-refractivity contribution in [2.45, 2.75) is 18.4 Å². The molecular weight excluding hydrogens is 330 g/mol. The van der Waals surface area contributed by atoms with E-state index in [1.54, 1.807) is 11.8 Å². The molecule has 1 fully saturated rings. The lowest BCUT2D eigenvalue weighted by Crippen LogP contribution is -2.55. The number of benzene rings is 1. The minimum absolute atomic E-state index is 0.182. The molecule has 19 heavy (non-hydrogen) atoms. The van der Waals surface area contributed by atoms with Crippen LogP contribution in [0.4, 0.5) is 0 Å². The van der Waals surface area contributed by atoms with Gasteiger partial charge in [0.25, 0.3) is 0 Å². The van der Waals surface area contributed by atoms with Gasteiger partial charge in [0.1, 0.15) is 5.54 Å². The summed E-state index contributed by atoms with van der Waals surface area (Å²) < 4.78 is 0.857. The number of carbonyl (C=O) groups excluding carboxylic acids is 1. The summed E-state index contributed by atoms with van der Waals surface area (Å²) in [6.07, 6.45) is 0.663. The molecule has 1 aliphatic heterocycles. The Labute approximate surface area is 124 Å². The molecular formula is C13H14BrNO3S. The molecule has 0 aromatic heterocycles. The van der Waals surface area contributed by atoms with Crippen LogP contribution in [0, 0.1) is 0 Å². The Kier molecular flexibility index (Phi) is 4.52. The predicted molar refractivity (Wildman–Crippen MR) is 78.3 cm³/mol. The fourth-order valence-corrected chi connectivity index (χ4v) is 3.76. The number of rotatable bonds is 4. The maximum Gasteiger partial charge on any atom is 0.330 e. The summed E-state index contributed by atoms with van der Waals surface area (Å²) in [5.74, 6) is 0.000764. The van der Waals surface area contributed by atoms with Gasteiger partial charge in [0.05, 0.1) is 6.42 Å². The number of aliphatic carboxylic acids is 1. The summed E-state index contributed by atoms with van der Waals surface area (Å²) in [5, 5.41) is 12.0. The highest BCUT2D eigenvalue weighted by molar-refractivity contribution is 9.10. The molecule has 0 bridgehead atoms. The van der Waals surface area contributed by atoms with Gasteiger partial charge >= 0.3 is 5.97 Å². The average Bonchev–Trinajstić information content (AvgIpc) is 2.82. The number of carboxylic acid groups (broad SMARTS) is 1. The largest absolute Gasteiger partial charge is 0.479 e. The van der Waals surface area contributed by atoms with Crippen LogP contribution in [-0.4, -0.2) is 34.0 Å². The van der Waals surface area contributed by atoms with Crippen molar-refractivity contribution in [3.05, 3.63) is 34.3 Å². The standard InChI is InChI=1S/C13H14BrNO3S/c14-10-4-2-1-3-9(10)7-11(16)15-13(12(17)18)5-6-19-8-13/h1-4H,5-8H2,(H,15,16)(H,17,18). The normalized spacial score (nSPS) is 22.2. The van der Waals surface area contributed by atoms with Gasteiger partial charge in [0.15, 0.2) is 0 Å². The number of hydrogen-bond acceptors (Lipinski definition) is 3. The SMILES string of the molecule is O=C(Cc1ccccc1Br)NC1(C(=O)O)CCSC1. The average molecular weight is 344 g/mol. The number of amides is 1. The Morgan fingerprint density at radius 3 is 2.74 bits per heavy atom. The van der Waals surface area contributed by atoms with Crippen molar-refractivity contribution >= 4 is 39.6 Å². The van der Waals surface area contributed by atoms with Crippen molar-refractivity contribution in [2.24, 2.45) is 0 Å². The number of thioether (sulfide) groups is 1. The van der Waals surface area contributed by atoms with Crippen molar-refractivity contribution in [1.29, 1.82) is 0 Å². The van der Waals surface area contributed by atoms with Gasteiger partial charge in [-0.2, -0.15) is 11.8 Å². The van der Waals surface area contributed by atoms with Crippen LogP contribution < -0.4 is 5.32 Å². The molecule has 1 heterocycles. The van der Waals surface area contributed by atoms with E-state index in [0.29, 0.717) is 12.2 Å². The summed E-state index contributed by atoms with van der Waals surface area (Å²) in [6.45, 7) is 0. The molecule has 1 aromatic rings. The third kappa shape index (κ3) is 3.30. The van der Waals surface area contributed by atoms with Gasteiger partial charge in [0, 0.05) is 10.2 Å². The van der Waals surface area contributed by atoms with Crippen molar-refractivity contribution in [3.63, 3.8) is 0 Å². The van der Waals surface area contributed by atoms with Crippen LogP contribution in [0.1, 0.15) is 12.0 Å². The zero-order valence-corrected chi connectivity index (χ0v) is 12.6. The second kappa shape index (κ2) is 5.96. The van der Waals surface area contributed by atoms with Crippen LogP contribution in [0.15, 0.2) is 28.7 Å². The highest BCUT2D eigenvalue weighted by Gasteiger charge is 2.43. The summed E-state index contributed by atoms with van der Waals surface area (Å²) in [6, 6.07) is 7.44. The van der Waals surface area contributed by atoms with Gasteiger partial charge in [-0.1, -0.05) is 34.1 Å². The lowest BCUT2D eigenvalue weighted by Gasteiger charge is -2.24. The Hall–Kier alpha value is -1.01. The fraction of sp³-hybridized carbons (Fsp3) is 0.385. The van der Waals surface area contributed by atoms with Gasteiger partial charge in [-0.15, -0.1) is 0 Å². The lowest BCUT2D eigenvalue weighted by molar-refractivity contribution is -0.146. The molecule has 1 aromatic carbocycles. The van der Waals surface area contributed by atoms with E-state index >= 15 is 0 Å². The van der Waals surface area contributed by atoms with E-state index in [-0.39, 0.29) is 12.3 Å². The van der Waals surface area contributed by atoms with E-state index in [0.717, 1.165) is 15.8 Å². The minimum atomic E-state index is -1.09. The number of hydrogen-bond donors (Lipinski definition) is 2. The highest BCUT2D eigenvalue weighted by Crippen LogP contribution is 2.28. The molecule has 0 aliphatic carbocycles. The summed E-state index contributed by atoms with van der Waals surface area (Å²) in [4.78, 5) is 23.4. The molecule has 1 atom stereocenters. The van der Waals surface area contributed by atoms with Crippen molar-refractivity contribution in [2.75, 3.05) is 11.5 Å². The first-order valence-electron chi connectivity index (χ1n) is 5.89. The van der Waals surface area contributed by atoms with Crippen molar-refractivity contribution in [3.8, 4) is 0 Å². The first-order chi connectivity index (χ1) is 9.03. The first kappa shape index (κ1) is 14.4. The van der Waals surface area contributed by atoms with Crippen LogP contribution in [0.2, 0.25) is 0 Å². The molecule has 1 aliphatic rings. The van der Waals surface area contributed by atoms with E-state index in [1.165, 1.54) is 0 Å². The van der Waals surface area contributed by atoms with E-state index in [9.17, 15) is 14.7 Å². The van der Waals surface area contributed by atoms with E-state index in [1.807, 2.05) is 24.3 Å². The Morgan fingerprint density at radius 2 is 2.16 bits per heavy atom. The third-order valence-corrected chi connectivity index (χ3v) is 5.08. The van der Waals surface area contributed by atoms with Gasteiger partial charge in [-0.25, -0.2) is 4.79 Å². The van der Waals surface area contributed by atoms with Crippen molar-refractivity contribution in [1.82, 2.24) is 5.32 Å². The maximum absolute atomic E-state index is 12.0. The number of carboxylic acids is 1. The van der Waals surface area contributed by atoms with Crippen molar-refractivity contribution < 1.29 is 14.7 Å².